The average Bonchev–Trinajstić information content (AvgIpc) is 2.30. The fraction of sp³-hybridized carbons (Fsp3) is 0.455. The van der Waals surface area contributed by atoms with E-state index in [0.29, 0.717) is 18.9 Å². The number of ether oxygens (including phenoxy) is 1. The first-order chi connectivity index (χ1) is 8.08. The highest BCUT2D eigenvalue weighted by Crippen LogP contribution is 2.15. The van der Waals surface area contributed by atoms with E-state index in [0.717, 1.165) is 12.8 Å². The molecular weight excluding hydrogens is 240 g/mol. The number of nitrogens with two attached hydrogens (primary N) is 1. The molecule has 3 N–H and O–H groups in total. The molecule has 2 rings (SSSR count). The van der Waals surface area contributed by atoms with Gasteiger partial charge in [-0.15, -0.1) is 0 Å². The maximum atomic E-state index is 12.0. The van der Waals surface area contributed by atoms with E-state index < -0.39 is 10.0 Å². The summed E-state index contributed by atoms with van der Waals surface area (Å²) in [5.74, 6) is 0. The molecule has 17 heavy (non-hydrogen) atoms. The molecular formula is C11H16N2O3S. The Balaban J connectivity index is 2.13. The zero-order valence-electron chi connectivity index (χ0n) is 9.43. The van der Waals surface area contributed by atoms with Crippen LogP contribution in [0.5, 0.6) is 0 Å². The Bertz CT molecular complexity index is 481. The maximum Gasteiger partial charge on any atom is 0.240 e. The number of anilines is 1. The fourth-order valence-corrected chi connectivity index (χ4v) is 3.11. The standard InChI is InChI=1S/C11H16N2O3S/c12-9-3-1-5-11(7-9)17(14,15)13-10-4-2-6-16-8-10/h1,3,5,7,10,13H,2,4,6,8,12H2. The highest BCUT2D eigenvalue weighted by Gasteiger charge is 2.22. The van der Waals surface area contributed by atoms with Crippen molar-refractivity contribution in [3.8, 4) is 0 Å². The second-order valence-electron chi connectivity index (χ2n) is 4.11. The predicted molar refractivity (Wildman–Crippen MR) is 65.0 cm³/mol. The molecule has 1 unspecified atom stereocenters. The van der Waals surface area contributed by atoms with Crippen LogP contribution in [0.1, 0.15) is 12.8 Å². The van der Waals surface area contributed by atoms with Crippen LogP contribution in [0, 0.1) is 0 Å². The lowest BCUT2D eigenvalue weighted by Gasteiger charge is -2.22. The number of benzene rings is 1. The minimum atomic E-state index is -3.49. The molecule has 0 bridgehead atoms. The van der Waals surface area contributed by atoms with Gasteiger partial charge in [0.1, 0.15) is 0 Å². The van der Waals surface area contributed by atoms with Gasteiger partial charge in [-0.3, -0.25) is 0 Å². The van der Waals surface area contributed by atoms with Crippen LogP contribution in [-0.2, 0) is 14.8 Å². The van der Waals surface area contributed by atoms with Gasteiger partial charge in [0.15, 0.2) is 0 Å². The van der Waals surface area contributed by atoms with Gasteiger partial charge < -0.3 is 10.5 Å². The second kappa shape index (κ2) is 5.03. The largest absolute Gasteiger partial charge is 0.399 e. The molecule has 0 aliphatic carbocycles. The summed E-state index contributed by atoms with van der Waals surface area (Å²) < 4.78 is 31.9. The van der Waals surface area contributed by atoms with Crippen molar-refractivity contribution in [1.29, 1.82) is 0 Å². The third-order valence-corrected chi connectivity index (χ3v) is 4.17. The summed E-state index contributed by atoms with van der Waals surface area (Å²) in [6.45, 7) is 1.14. The average molecular weight is 256 g/mol. The van der Waals surface area contributed by atoms with Crippen molar-refractivity contribution in [3.63, 3.8) is 0 Å². The normalized spacial score (nSPS) is 21.3. The highest BCUT2D eigenvalue weighted by atomic mass is 32.2. The summed E-state index contributed by atoms with van der Waals surface area (Å²) in [4.78, 5) is 0.197. The SMILES string of the molecule is Nc1cccc(S(=O)(=O)NC2CCCOC2)c1. The molecule has 1 aliphatic rings. The molecule has 0 aromatic heterocycles. The van der Waals surface area contributed by atoms with Gasteiger partial charge in [-0.1, -0.05) is 6.07 Å². The number of hydrogen-bond donors (Lipinski definition) is 2. The first-order valence-electron chi connectivity index (χ1n) is 5.53. The summed E-state index contributed by atoms with van der Waals surface area (Å²) in [6.07, 6.45) is 1.69. The van der Waals surface area contributed by atoms with Crippen molar-refractivity contribution < 1.29 is 13.2 Å². The van der Waals surface area contributed by atoms with Gasteiger partial charge in [0.25, 0.3) is 0 Å². The molecule has 1 aromatic carbocycles. The van der Waals surface area contributed by atoms with Crippen LogP contribution in [0.15, 0.2) is 29.2 Å². The van der Waals surface area contributed by atoms with Gasteiger partial charge in [-0.25, -0.2) is 13.1 Å². The monoisotopic (exact) mass is 256 g/mol. The molecule has 1 atom stereocenters. The van der Waals surface area contributed by atoms with E-state index in [9.17, 15) is 8.42 Å². The van der Waals surface area contributed by atoms with Crippen molar-refractivity contribution in [3.05, 3.63) is 24.3 Å². The molecule has 94 valence electrons. The van der Waals surface area contributed by atoms with E-state index in [1.54, 1.807) is 12.1 Å². The molecule has 6 heteroatoms. The van der Waals surface area contributed by atoms with Gasteiger partial charge in [-0.2, -0.15) is 0 Å². The van der Waals surface area contributed by atoms with E-state index >= 15 is 0 Å². The minimum absolute atomic E-state index is 0.143. The molecule has 0 amide bonds. The number of rotatable bonds is 3. The van der Waals surface area contributed by atoms with E-state index in [2.05, 4.69) is 4.72 Å². The quantitative estimate of drug-likeness (QED) is 0.781. The topological polar surface area (TPSA) is 81.4 Å². The summed E-state index contributed by atoms with van der Waals surface area (Å²) >= 11 is 0. The Labute approximate surface area is 101 Å². The molecule has 1 fully saturated rings. The van der Waals surface area contributed by atoms with Crippen LogP contribution in [0.25, 0.3) is 0 Å². The predicted octanol–water partition coefficient (Wildman–Crippen LogP) is 0.726. The van der Waals surface area contributed by atoms with Crippen molar-refractivity contribution in [1.82, 2.24) is 4.72 Å². The van der Waals surface area contributed by atoms with Crippen LogP contribution in [0.2, 0.25) is 0 Å². The van der Waals surface area contributed by atoms with Crippen molar-refractivity contribution in [2.45, 2.75) is 23.8 Å². The zero-order chi connectivity index (χ0) is 12.3. The molecule has 1 aromatic rings. The van der Waals surface area contributed by atoms with E-state index in [1.165, 1.54) is 12.1 Å². The lowest BCUT2D eigenvalue weighted by Crippen LogP contribution is -2.40. The Morgan fingerprint density at radius 1 is 1.41 bits per heavy atom. The first-order valence-corrected chi connectivity index (χ1v) is 7.02. The molecule has 0 spiro atoms. The fourth-order valence-electron chi connectivity index (χ4n) is 1.80. The highest BCUT2D eigenvalue weighted by molar-refractivity contribution is 7.89. The summed E-state index contributed by atoms with van der Waals surface area (Å²) in [5.41, 5.74) is 6.01. The van der Waals surface area contributed by atoms with Gasteiger partial charge in [0.2, 0.25) is 10.0 Å². The molecule has 1 saturated heterocycles. The van der Waals surface area contributed by atoms with Crippen LogP contribution in [0.4, 0.5) is 5.69 Å². The first kappa shape index (κ1) is 12.3. The van der Waals surface area contributed by atoms with Crippen molar-refractivity contribution >= 4 is 15.7 Å². The zero-order valence-corrected chi connectivity index (χ0v) is 10.2. The number of hydrogen-bond acceptors (Lipinski definition) is 4. The second-order valence-corrected chi connectivity index (χ2v) is 5.82. The molecule has 5 nitrogen and oxygen atoms in total. The Morgan fingerprint density at radius 2 is 2.24 bits per heavy atom. The number of nitrogens with one attached hydrogen (secondary N) is 1. The summed E-state index contributed by atoms with van der Waals surface area (Å²) in [6, 6.07) is 6.12. The Kier molecular flexibility index (Phi) is 3.66. The number of nitrogen functional groups attached to an aromatic ring is 1. The van der Waals surface area contributed by atoms with Crippen LogP contribution in [0.3, 0.4) is 0 Å². The van der Waals surface area contributed by atoms with Gasteiger partial charge in [0, 0.05) is 18.3 Å². The number of sulfonamides is 1. The molecule has 0 saturated carbocycles. The van der Waals surface area contributed by atoms with Crippen molar-refractivity contribution in [2.24, 2.45) is 0 Å². The van der Waals surface area contributed by atoms with Crippen molar-refractivity contribution in [2.75, 3.05) is 18.9 Å². The molecule has 1 aliphatic heterocycles. The summed E-state index contributed by atoms with van der Waals surface area (Å²) in [7, 11) is -3.49. The van der Waals surface area contributed by atoms with E-state index in [-0.39, 0.29) is 10.9 Å². The van der Waals surface area contributed by atoms with Gasteiger partial charge in [0.05, 0.1) is 11.5 Å². The lowest BCUT2D eigenvalue weighted by molar-refractivity contribution is 0.0774. The van der Waals surface area contributed by atoms with Gasteiger partial charge >= 0.3 is 0 Å². The van der Waals surface area contributed by atoms with E-state index in [1.807, 2.05) is 0 Å². The van der Waals surface area contributed by atoms with Crippen LogP contribution in [-0.4, -0.2) is 27.7 Å². The van der Waals surface area contributed by atoms with Crippen LogP contribution < -0.4 is 10.5 Å². The van der Waals surface area contributed by atoms with Gasteiger partial charge in [-0.05, 0) is 31.0 Å². The van der Waals surface area contributed by atoms with E-state index in [4.69, 9.17) is 10.5 Å². The molecule has 0 radical (unpaired) electrons. The summed E-state index contributed by atoms with van der Waals surface area (Å²) in [5, 5.41) is 0. The molecule has 1 heterocycles. The lowest BCUT2D eigenvalue weighted by atomic mass is 10.1. The Hall–Kier alpha value is -1.11. The third-order valence-electron chi connectivity index (χ3n) is 2.65. The third kappa shape index (κ3) is 3.18. The smallest absolute Gasteiger partial charge is 0.240 e. The maximum absolute atomic E-state index is 12.0. The Morgan fingerprint density at radius 3 is 2.88 bits per heavy atom. The minimum Gasteiger partial charge on any atom is -0.399 e. The van der Waals surface area contributed by atoms with Crippen LogP contribution >= 0.6 is 0 Å².